The van der Waals surface area contributed by atoms with E-state index >= 15 is 0 Å². The molecule has 1 aromatic heterocycles. The molecule has 2 N–H and O–H groups in total. The maximum atomic E-state index is 11.4. The molecule has 0 atom stereocenters. The maximum absolute atomic E-state index is 11.4. The van der Waals surface area contributed by atoms with Gasteiger partial charge in [0.25, 0.3) is 0 Å². The Hall–Kier alpha value is -1.36. The van der Waals surface area contributed by atoms with Crippen LogP contribution in [0.25, 0.3) is 0 Å². The number of hydrogen-bond acceptors (Lipinski definition) is 3. The summed E-state index contributed by atoms with van der Waals surface area (Å²) < 4.78 is 1.77. The van der Waals surface area contributed by atoms with Crippen LogP contribution in [-0.2, 0) is 18.3 Å². The molecule has 96 valence electrons. The van der Waals surface area contributed by atoms with Crippen molar-refractivity contribution in [3.63, 3.8) is 0 Å². The van der Waals surface area contributed by atoms with Crippen LogP contribution >= 0.6 is 0 Å². The molecular formula is C12H22N4O. The highest BCUT2D eigenvalue weighted by atomic mass is 16.1. The first-order valence-corrected chi connectivity index (χ1v) is 6.06. The number of aromatic nitrogens is 2. The van der Waals surface area contributed by atoms with Crippen molar-refractivity contribution >= 4 is 5.91 Å². The Morgan fingerprint density at radius 2 is 2.24 bits per heavy atom. The summed E-state index contributed by atoms with van der Waals surface area (Å²) >= 11 is 0. The van der Waals surface area contributed by atoms with Gasteiger partial charge < -0.3 is 10.6 Å². The van der Waals surface area contributed by atoms with Gasteiger partial charge in [-0.25, -0.2) is 0 Å². The third kappa shape index (κ3) is 6.06. The standard InChI is InChI=1S/C12H22N4O/c1-10(2)13-8-5-12(17)14-7-4-11-6-9-16(3)15-11/h6,9-10,13H,4-5,7-8H2,1-3H3,(H,14,17). The van der Waals surface area contributed by atoms with Crippen LogP contribution in [-0.4, -0.2) is 34.8 Å². The molecule has 0 aliphatic heterocycles. The maximum Gasteiger partial charge on any atom is 0.221 e. The van der Waals surface area contributed by atoms with Gasteiger partial charge in [-0.1, -0.05) is 13.8 Å². The Morgan fingerprint density at radius 3 is 2.82 bits per heavy atom. The van der Waals surface area contributed by atoms with Crippen LogP contribution in [0.3, 0.4) is 0 Å². The summed E-state index contributed by atoms with van der Waals surface area (Å²) in [5.41, 5.74) is 1.01. The molecule has 0 fully saturated rings. The Bertz CT molecular complexity index is 346. The number of hydrogen-bond donors (Lipinski definition) is 2. The van der Waals surface area contributed by atoms with Gasteiger partial charge in [-0.2, -0.15) is 5.10 Å². The Balaban J connectivity index is 2.08. The molecule has 0 aliphatic rings. The topological polar surface area (TPSA) is 59.0 Å². The summed E-state index contributed by atoms with van der Waals surface area (Å²) in [5, 5.41) is 10.3. The summed E-state index contributed by atoms with van der Waals surface area (Å²) in [6.45, 7) is 5.52. The van der Waals surface area contributed by atoms with E-state index in [1.807, 2.05) is 19.3 Å². The monoisotopic (exact) mass is 238 g/mol. The number of rotatable bonds is 7. The summed E-state index contributed by atoms with van der Waals surface area (Å²) in [6, 6.07) is 2.39. The third-order valence-electron chi connectivity index (χ3n) is 2.38. The van der Waals surface area contributed by atoms with Crippen molar-refractivity contribution < 1.29 is 4.79 Å². The minimum Gasteiger partial charge on any atom is -0.356 e. The van der Waals surface area contributed by atoms with Gasteiger partial charge in [0.2, 0.25) is 5.91 Å². The van der Waals surface area contributed by atoms with E-state index in [1.165, 1.54) is 0 Å². The quantitative estimate of drug-likeness (QED) is 0.726. The number of nitrogens with one attached hydrogen (secondary N) is 2. The summed E-state index contributed by atoms with van der Waals surface area (Å²) in [7, 11) is 1.89. The average Bonchev–Trinajstić information content (AvgIpc) is 2.63. The largest absolute Gasteiger partial charge is 0.356 e. The van der Waals surface area contributed by atoms with Crippen LogP contribution in [0, 0.1) is 0 Å². The molecular weight excluding hydrogens is 216 g/mol. The van der Waals surface area contributed by atoms with Crippen LogP contribution in [0.5, 0.6) is 0 Å². The number of amides is 1. The smallest absolute Gasteiger partial charge is 0.221 e. The zero-order valence-electron chi connectivity index (χ0n) is 10.9. The molecule has 1 amide bonds. The minimum absolute atomic E-state index is 0.0917. The van der Waals surface area contributed by atoms with Crippen molar-refractivity contribution in [2.75, 3.05) is 13.1 Å². The van der Waals surface area contributed by atoms with Gasteiger partial charge in [-0.15, -0.1) is 0 Å². The van der Waals surface area contributed by atoms with E-state index in [2.05, 4.69) is 29.6 Å². The van der Waals surface area contributed by atoms with Gasteiger partial charge in [0.05, 0.1) is 5.69 Å². The summed E-state index contributed by atoms with van der Waals surface area (Å²) in [5.74, 6) is 0.0917. The van der Waals surface area contributed by atoms with E-state index in [0.29, 0.717) is 19.0 Å². The number of carbonyl (C=O) groups excluding carboxylic acids is 1. The van der Waals surface area contributed by atoms with Crippen molar-refractivity contribution in [2.24, 2.45) is 7.05 Å². The highest BCUT2D eigenvalue weighted by molar-refractivity contribution is 5.76. The highest BCUT2D eigenvalue weighted by Gasteiger charge is 2.02. The van der Waals surface area contributed by atoms with Crippen molar-refractivity contribution in [3.8, 4) is 0 Å². The van der Waals surface area contributed by atoms with Crippen LogP contribution < -0.4 is 10.6 Å². The van der Waals surface area contributed by atoms with E-state index in [4.69, 9.17) is 0 Å². The highest BCUT2D eigenvalue weighted by Crippen LogP contribution is 1.94. The van der Waals surface area contributed by atoms with Crippen LogP contribution in [0.4, 0.5) is 0 Å². The molecule has 5 heteroatoms. The van der Waals surface area contributed by atoms with Crippen molar-refractivity contribution in [3.05, 3.63) is 18.0 Å². The third-order valence-corrected chi connectivity index (χ3v) is 2.38. The first-order valence-electron chi connectivity index (χ1n) is 6.06. The van der Waals surface area contributed by atoms with Crippen LogP contribution in [0.1, 0.15) is 26.0 Å². The van der Waals surface area contributed by atoms with Gasteiger partial charge in [-0.05, 0) is 6.07 Å². The second-order valence-electron chi connectivity index (χ2n) is 4.44. The minimum atomic E-state index is 0.0917. The Labute approximate surface area is 103 Å². The van der Waals surface area contributed by atoms with E-state index in [-0.39, 0.29) is 5.91 Å². The molecule has 0 aliphatic carbocycles. The Morgan fingerprint density at radius 1 is 1.47 bits per heavy atom. The first kappa shape index (κ1) is 13.7. The van der Waals surface area contributed by atoms with Gasteiger partial charge >= 0.3 is 0 Å². The molecule has 1 heterocycles. The second kappa shape index (κ2) is 7.06. The molecule has 5 nitrogen and oxygen atoms in total. The molecule has 0 bridgehead atoms. The zero-order valence-corrected chi connectivity index (χ0v) is 10.9. The SMILES string of the molecule is CC(C)NCCC(=O)NCCc1ccn(C)n1. The lowest BCUT2D eigenvalue weighted by molar-refractivity contribution is -0.120. The van der Waals surface area contributed by atoms with Gasteiger partial charge in [0, 0.05) is 45.2 Å². The molecule has 1 rings (SSSR count). The van der Waals surface area contributed by atoms with Gasteiger partial charge in [-0.3, -0.25) is 9.48 Å². The molecule has 1 aromatic rings. The molecule has 0 saturated carbocycles. The predicted molar refractivity (Wildman–Crippen MR) is 67.7 cm³/mol. The molecule has 17 heavy (non-hydrogen) atoms. The first-order chi connectivity index (χ1) is 8.08. The second-order valence-corrected chi connectivity index (χ2v) is 4.44. The van der Waals surface area contributed by atoms with E-state index in [0.717, 1.165) is 18.7 Å². The number of carbonyl (C=O) groups is 1. The van der Waals surface area contributed by atoms with E-state index in [9.17, 15) is 4.79 Å². The van der Waals surface area contributed by atoms with E-state index < -0.39 is 0 Å². The fourth-order valence-corrected chi connectivity index (χ4v) is 1.49. The van der Waals surface area contributed by atoms with Crippen molar-refractivity contribution in [1.29, 1.82) is 0 Å². The fraction of sp³-hybridized carbons (Fsp3) is 0.667. The lowest BCUT2D eigenvalue weighted by Crippen LogP contribution is -2.31. The summed E-state index contributed by atoms with van der Waals surface area (Å²) in [6.07, 6.45) is 3.22. The molecule has 0 unspecified atom stereocenters. The van der Waals surface area contributed by atoms with Crippen molar-refractivity contribution in [2.45, 2.75) is 32.7 Å². The van der Waals surface area contributed by atoms with Gasteiger partial charge in [0.15, 0.2) is 0 Å². The zero-order chi connectivity index (χ0) is 12.7. The van der Waals surface area contributed by atoms with Gasteiger partial charge in [0.1, 0.15) is 0 Å². The molecule has 0 radical (unpaired) electrons. The fourth-order valence-electron chi connectivity index (χ4n) is 1.49. The number of nitrogens with zero attached hydrogens (tertiary/aromatic N) is 2. The molecule has 0 spiro atoms. The molecule has 0 saturated heterocycles. The Kier molecular flexibility index (Phi) is 5.69. The lowest BCUT2D eigenvalue weighted by Gasteiger charge is -2.08. The van der Waals surface area contributed by atoms with Crippen LogP contribution in [0.15, 0.2) is 12.3 Å². The summed E-state index contributed by atoms with van der Waals surface area (Å²) in [4.78, 5) is 11.4. The average molecular weight is 238 g/mol. The normalized spacial score (nSPS) is 10.8. The lowest BCUT2D eigenvalue weighted by atomic mass is 10.3. The van der Waals surface area contributed by atoms with Crippen molar-refractivity contribution in [1.82, 2.24) is 20.4 Å². The van der Waals surface area contributed by atoms with Crippen LogP contribution in [0.2, 0.25) is 0 Å². The number of aryl methyl sites for hydroxylation is 1. The van der Waals surface area contributed by atoms with E-state index in [1.54, 1.807) is 4.68 Å². The predicted octanol–water partition coefficient (Wildman–Crippen LogP) is 0.467. The molecule has 0 aromatic carbocycles.